The van der Waals surface area contributed by atoms with Crippen LogP contribution in [0.2, 0.25) is 0 Å². The molecule has 6 nitrogen and oxygen atoms in total. The molecule has 0 bridgehead atoms. The van der Waals surface area contributed by atoms with Gasteiger partial charge in [-0.2, -0.15) is 0 Å². The lowest BCUT2D eigenvalue weighted by atomic mass is 10.0. The van der Waals surface area contributed by atoms with Crippen molar-refractivity contribution < 1.29 is 9.59 Å². The maximum atomic E-state index is 12.4. The van der Waals surface area contributed by atoms with Crippen molar-refractivity contribution in [3.63, 3.8) is 0 Å². The Hall–Kier alpha value is -2.41. The van der Waals surface area contributed by atoms with Gasteiger partial charge < -0.3 is 15.5 Å². The second-order valence-electron chi connectivity index (χ2n) is 6.85. The van der Waals surface area contributed by atoms with Crippen molar-refractivity contribution in [3.8, 4) is 0 Å². The van der Waals surface area contributed by atoms with Gasteiger partial charge in [-0.05, 0) is 48.8 Å². The molecule has 27 heavy (non-hydrogen) atoms. The van der Waals surface area contributed by atoms with E-state index in [1.54, 1.807) is 24.5 Å². The number of carbonyl (C=O) groups excluding carboxylic acids is 2. The number of unbranched alkanes of at least 4 members (excludes halogenated alkanes) is 2. The predicted molar refractivity (Wildman–Crippen MR) is 108 cm³/mol. The molecule has 3 heterocycles. The molecule has 0 aromatic carbocycles. The number of rotatable bonds is 8. The second kappa shape index (κ2) is 10.1. The summed E-state index contributed by atoms with van der Waals surface area (Å²) in [6.07, 6.45) is 8.74. The van der Waals surface area contributed by atoms with E-state index in [1.807, 2.05) is 22.4 Å². The van der Waals surface area contributed by atoms with Crippen LogP contribution in [0, 0.1) is 5.92 Å². The quantitative estimate of drug-likeness (QED) is 0.674. The summed E-state index contributed by atoms with van der Waals surface area (Å²) < 4.78 is 0. The first kappa shape index (κ1) is 19.4. The van der Waals surface area contributed by atoms with Crippen LogP contribution in [0.5, 0.6) is 0 Å². The van der Waals surface area contributed by atoms with Crippen LogP contribution < -0.4 is 10.6 Å². The summed E-state index contributed by atoms with van der Waals surface area (Å²) in [7, 11) is 0. The van der Waals surface area contributed by atoms with E-state index >= 15 is 0 Å². The molecule has 1 fully saturated rings. The number of anilines is 1. The van der Waals surface area contributed by atoms with E-state index in [4.69, 9.17) is 0 Å². The number of hydrogen-bond donors (Lipinski definition) is 2. The van der Waals surface area contributed by atoms with Crippen LogP contribution in [0.4, 0.5) is 10.5 Å². The third-order valence-corrected chi connectivity index (χ3v) is 5.68. The summed E-state index contributed by atoms with van der Waals surface area (Å²) in [6.45, 7) is 2.42. The van der Waals surface area contributed by atoms with Crippen LogP contribution in [0.25, 0.3) is 0 Å². The van der Waals surface area contributed by atoms with Crippen LogP contribution in [0.1, 0.15) is 41.8 Å². The van der Waals surface area contributed by atoms with Crippen molar-refractivity contribution in [2.45, 2.75) is 32.1 Å². The zero-order chi connectivity index (χ0) is 18.9. The summed E-state index contributed by atoms with van der Waals surface area (Å²) in [5, 5.41) is 7.60. The van der Waals surface area contributed by atoms with E-state index in [-0.39, 0.29) is 11.9 Å². The third kappa shape index (κ3) is 6.06. The summed E-state index contributed by atoms with van der Waals surface area (Å²) in [4.78, 5) is 30.9. The van der Waals surface area contributed by atoms with Crippen LogP contribution in [-0.2, 0) is 0 Å². The third-order valence-electron chi connectivity index (χ3n) is 4.82. The number of nitrogens with zero attached hydrogens (tertiary/aromatic N) is 2. The molecule has 3 amide bonds. The van der Waals surface area contributed by atoms with Crippen molar-refractivity contribution in [2.75, 3.05) is 25.0 Å². The molecule has 1 aliphatic heterocycles. The Bertz CT molecular complexity index is 721. The zero-order valence-corrected chi connectivity index (χ0v) is 16.2. The zero-order valence-electron chi connectivity index (χ0n) is 15.4. The fourth-order valence-corrected chi connectivity index (χ4v) is 4.05. The molecule has 0 spiro atoms. The first-order valence-electron chi connectivity index (χ1n) is 9.50. The van der Waals surface area contributed by atoms with Gasteiger partial charge in [-0.15, -0.1) is 11.3 Å². The standard InChI is InChI=1S/C20H26N4O2S/c25-19(18-6-4-14-27-18)24-13-9-16(15-24)5-2-1-3-10-22-20(26)23-17-7-11-21-12-8-17/h4,6-8,11-12,14,16H,1-3,5,9-10,13,15H2,(H2,21,22,23,26). The molecule has 1 atom stereocenters. The van der Waals surface area contributed by atoms with Crippen LogP contribution in [0.3, 0.4) is 0 Å². The summed E-state index contributed by atoms with van der Waals surface area (Å²) in [5.74, 6) is 0.786. The molecule has 0 radical (unpaired) electrons. The highest BCUT2D eigenvalue weighted by molar-refractivity contribution is 7.12. The lowest BCUT2D eigenvalue weighted by Gasteiger charge is -2.15. The number of pyridine rings is 1. The van der Waals surface area contributed by atoms with Gasteiger partial charge in [0.1, 0.15) is 0 Å². The number of nitrogens with one attached hydrogen (secondary N) is 2. The van der Waals surface area contributed by atoms with Gasteiger partial charge >= 0.3 is 6.03 Å². The molecule has 2 aromatic rings. The van der Waals surface area contributed by atoms with Gasteiger partial charge in [0.25, 0.3) is 5.91 Å². The molecule has 1 unspecified atom stereocenters. The Morgan fingerprint density at radius 1 is 1.19 bits per heavy atom. The molecule has 7 heteroatoms. The monoisotopic (exact) mass is 386 g/mol. The average molecular weight is 387 g/mol. The highest BCUT2D eigenvalue weighted by atomic mass is 32.1. The summed E-state index contributed by atoms with van der Waals surface area (Å²) in [5.41, 5.74) is 0.741. The molecular formula is C20H26N4O2S. The Kier molecular flexibility index (Phi) is 7.21. The minimum atomic E-state index is -0.181. The number of carbonyl (C=O) groups is 2. The molecule has 0 aliphatic carbocycles. The number of urea groups is 1. The van der Waals surface area contributed by atoms with Gasteiger partial charge in [0.2, 0.25) is 0 Å². The van der Waals surface area contributed by atoms with E-state index in [0.717, 1.165) is 55.8 Å². The van der Waals surface area contributed by atoms with E-state index in [2.05, 4.69) is 15.6 Å². The SMILES string of the molecule is O=C(NCCCCCC1CCN(C(=O)c2cccs2)C1)Nc1ccncc1. The molecular weight excluding hydrogens is 360 g/mol. The van der Waals surface area contributed by atoms with Crippen LogP contribution >= 0.6 is 11.3 Å². The van der Waals surface area contributed by atoms with Crippen LogP contribution in [-0.4, -0.2) is 41.5 Å². The lowest BCUT2D eigenvalue weighted by Crippen LogP contribution is -2.29. The van der Waals surface area contributed by atoms with Gasteiger partial charge in [0, 0.05) is 37.7 Å². The van der Waals surface area contributed by atoms with E-state index in [0.29, 0.717) is 12.5 Å². The van der Waals surface area contributed by atoms with Crippen molar-refractivity contribution in [2.24, 2.45) is 5.92 Å². The van der Waals surface area contributed by atoms with Crippen molar-refractivity contribution >= 4 is 29.0 Å². The predicted octanol–water partition coefficient (Wildman–Crippen LogP) is 3.99. The Morgan fingerprint density at radius 3 is 2.81 bits per heavy atom. The van der Waals surface area contributed by atoms with E-state index < -0.39 is 0 Å². The fraction of sp³-hybridized carbons (Fsp3) is 0.450. The van der Waals surface area contributed by atoms with Crippen molar-refractivity contribution in [1.29, 1.82) is 0 Å². The topological polar surface area (TPSA) is 74.3 Å². The summed E-state index contributed by atoms with van der Waals surface area (Å²) in [6, 6.07) is 7.16. The molecule has 1 saturated heterocycles. The number of amides is 3. The van der Waals surface area contributed by atoms with Gasteiger partial charge in [-0.3, -0.25) is 9.78 Å². The molecule has 2 N–H and O–H groups in total. The Labute approximate surface area is 164 Å². The normalized spacial score (nSPS) is 16.3. The van der Waals surface area contributed by atoms with Gasteiger partial charge in [-0.1, -0.05) is 18.9 Å². The van der Waals surface area contributed by atoms with Crippen molar-refractivity contribution in [1.82, 2.24) is 15.2 Å². The van der Waals surface area contributed by atoms with E-state index in [9.17, 15) is 9.59 Å². The highest BCUT2D eigenvalue weighted by Gasteiger charge is 2.26. The van der Waals surface area contributed by atoms with E-state index in [1.165, 1.54) is 11.3 Å². The summed E-state index contributed by atoms with van der Waals surface area (Å²) >= 11 is 1.51. The smallest absolute Gasteiger partial charge is 0.319 e. The molecule has 1 aliphatic rings. The Morgan fingerprint density at radius 2 is 2.04 bits per heavy atom. The maximum Gasteiger partial charge on any atom is 0.319 e. The number of hydrogen-bond acceptors (Lipinski definition) is 4. The minimum Gasteiger partial charge on any atom is -0.338 e. The number of thiophene rings is 1. The fourth-order valence-electron chi connectivity index (χ4n) is 3.36. The lowest BCUT2D eigenvalue weighted by molar-refractivity contribution is 0.0791. The molecule has 0 saturated carbocycles. The average Bonchev–Trinajstić information content (AvgIpc) is 3.37. The molecule has 3 rings (SSSR count). The van der Waals surface area contributed by atoms with Gasteiger partial charge in [0.15, 0.2) is 0 Å². The molecule has 2 aromatic heterocycles. The van der Waals surface area contributed by atoms with Gasteiger partial charge in [-0.25, -0.2) is 4.79 Å². The first-order valence-corrected chi connectivity index (χ1v) is 10.4. The van der Waals surface area contributed by atoms with Crippen LogP contribution in [0.15, 0.2) is 42.0 Å². The number of likely N-dealkylation sites (tertiary alicyclic amines) is 1. The first-order chi connectivity index (χ1) is 13.2. The van der Waals surface area contributed by atoms with Crippen molar-refractivity contribution in [3.05, 3.63) is 46.9 Å². The Balaban J connectivity index is 1.24. The second-order valence-corrected chi connectivity index (χ2v) is 7.80. The largest absolute Gasteiger partial charge is 0.338 e. The van der Waals surface area contributed by atoms with Gasteiger partial charge in [0.05, 0.1) is 4.88 Å². The maximum absolute atomic E-state index is 12.4. The minimum absolute atomic E-state index is 0.178. The highest BCUT2D eigenvalue weighted by Crippen LogP contribution is 2.24. The number of aromatic nitrogens is 1. The molecule has 144 valence electrons.